The number of alkyl halides is 3. The summed E-state index contributed by atoms with van der Waals surface area (Å²) in [7, 11) is -4.36. The lowest BCUT2D eigenvalue weighted by atomic mass is 9.43. The minimum Gasteiger partial charge on any atom is -0.366 e. The number of nitriles is 1. The number of halogens is 4. The predicted octanol–water partition coefficient (Wildman–Crippen LogP) is 5.57. The maximum absolute atomic E-state index is 14.5. The Bertz CT molecular complexity index is 1390. The fourth-order valence-electron chi connectivity index (χ4n) is 7.19. The minimum atomic E-state index is -4.81. The van der Waals surface area contributed by atoms with Gasteiger partial charge in [-0.25, -0.2) is 8.42 Å². The predicted molar refractivity (Wildman–Crippen MR) is 134 cm³/mol. The molecular formula is C25H23F3IN3O3S. The molecule has 4 fully saturated rings. The number of primary amides is 1. The molecule has 0 heterocycles. The Labute approximate surface area is 220 Å². The standard InChI is InChI=1S/C25H23F3IN3O3S/c26-25(27,28)19-6-5-18(22(31)33)21(32-36(34,35)17-3-1-16(29)2-4-17)20(19)24-10-14-7-15(11-24)9-23(8-14,12-24)13-30/h1-6,14-15,32H,7-12H2,(H2,31,33). The second kappa shape index (κ2) is 8.34. The van der Waals surface area contributed by atoms with Gasteiger partial charge < -0.3 is 5.73 Å². The Morgan fingerprint density at radius 3 is 2.22 bits per heavy atom. The maximum atomic E-state index is 14.5. The van der Waals surface area contributed by atoms with Crippen LogP contribution in [0.2, 0.25) is 0 Å². The van der Waals surface area contributed by atoms with Crippen molar-refractivity contribution < 1.29 is 26.4 Å². The molecule has 4 aliphatic rings. The number of hydrogen-bond donors (Lipinski definition) is 2. The van der Waals surface area contributed by atoms with Gasteiger partial charge in [0.1, 0.15) is 0 Å². The Morgan fingerprint density at radius 2 is 1.69 bits per heavy atom. The van der Waals surface area contributed by atoms with Gasteiger partial charge in [-0.05, 0) is 115 Å². The van der Waals surface area contributed by atoms with Gasteiger partial charge in [0.05, 0.1) is 33.2 Å². The normalized spacial score (nSPS) is 29.1. The molecule has 6 nitrogen and oxygen atoms in total. The molecule has 3 N–H and O–H groups in total. The average Bonchev–Trinajstić information content (AvgIpc) is 2.77. The van der Waals surface area contributed by atoms with E-state index < -0.39 is 44.2 Å². The van der Waals surface area contributed by atoms with E-state index in [1.165, 1.54) is 12.1 Å². The fraction of sp³-hybridized carbons (Fsp3) is 0.440. The van der Waals surface area contributed by atoms with Crippen LogP contribution in [0.4, 0.5) is 18.9 Å². The number of carbonyl (C=O) groups excluding carboxylic acids is 1. The molecule has 11 heteroatoms. The van der Waals surface area contributed by atoms with Crippen LogP contribution in [0.15, 0.2) is 41.3 Å². The Morgan fingerprint density at radius 1 is 1.08 bits per heavy atom. The molecule has 0 spiro atoms. The van der Waals surface area contributed by atoms with Crippen molar-refractivity contribution in [3.05, 3.63) is 56.7 Å². The van der Waals surface area contributed by atoms with Crippen LogP contribution in [0, 0.1) is 32.2 Å². The number of nitrogens with one attached hydrogen (secondary N) is 1. The van der Waals surface area contributed by atoms with Crippen LogP contribution in [-0.4, -0.2) is 14.3 Å². The maximum Gasteiger partial charge on any atom is 0.416 e. The van der Waals surface area contributed by atoms with E-state index in [-0.39, 0.29) is 34.3 Å². The number of hydrogen-bond acceptors (Lipinski definition) is 4. The number of sulfonamides is 1. The summed E-state index contributed by atoms with van der Waals surface area (Å²) < 4.78 is 73.2. The zero-order chi connectivity index (χ0) is 26.1. The summed E-state index contributed by atoms with van der Waals surface area (Å²) >= 11 is 2.01. The molecule has 36 heavy (non-hydrogen) atoms. The topological polar surface area (TPSA) is 113 Å². The molecule has 2 aromatic rings. The first-order valence-electron chi connectivity index (χ1n) is 11.5. The second-order valence-corrected chi connectivity index (χ2v) is 13.4. The highest BCUT2D eigenvalue weighted by molar-refractivity contribution is 14.1. The first kappa shape index (κ1) is 25.3. The number of nitrogens with two attached hydrogens (primary N) is 1. The number of anilines is 1. The van der Waals surface area contributed by atoms with Gasteiger partial charge in [-0.2, -0.15) is 18.4 Å². The molecule has 190 valence electrons. The van der Waals surface area contributed by atoms with E-state index in [0.29, 0.717) is 25.7 Å². The molecule has 0 radical (unpaired) electrons. The van der Waals surface area contributed by atoms with E-state index in [4.69, 9.17) is 5.73 Å². The van der Waals surface area contributed by atoms with Crippen LogP contribution < -0.4 is 10.5 Å². The zero-order valence-corrected chi connectivity index (χ0v) is 22.0. The summed E-state index contributed by atoms with van der Waals surface area (Å²) in [4.78, 5) is 12.2. The van der Waals surface area contributed by atoms with Crippen molar-refractivity contribution in [2.45, 2.75) is 55.0 Å². The van der Waals surface area contributed by atoms with Crippen LogP contribution in [0.5, 0.6) is 0 Å². The number of rotatable bonds is 5. The summed E-state index contributed by atoms with van der Waals surface area (Å²) in [5.74, 6) is -0.917. The molecule has 4 bridgehead atoms. The van der Waals surface area contributed by atoms with E-state index in [1.54, 1.807) is 12.1 Å². The van der Waals surface area contributed by atoms with Gasteiger partial charge in [0.2, 0.25) is 0 Å². The van der Waals surface area contributed by atoms with Crippen LogP contribution in [-0.2, 0) is 21.6 Å². The van der Waals surface area contributed by atoms with E-state index in [0.717, 1.165) is 22.1 Å². The monoisotopic (exact) mass is 629 g/mol. The van der Waals surface area contributed by atoms with Gasteiger partial charge in [0.15, 0.2) is 0 Å². The molecule has 2 unspecified atom stereocenters. The van der Waals surface area contributed by atoms with Crippen molar-refractivity contribution in [2.24, 2.45) is 23.0 Å². The lowest BCUT2D eigenvalue weighted by Gasteiger charge is -2.60. The molecule has 4 saturated carbocycles. The highest BCUT2D eigenvalue weighted by Gasteiger charge is 2.60. The van der Waals surface area contributed by atoms with Crippen molar-refractivity contribution in [1.29, 1.82) is 5.26 Å². The Hall–Kier alpha value is -2.33. The molecule has 2 atom stereocenters. The van der Waals surface area contributed by atoms with E-state index in [2.05, 4.69) is 10.8 Å². The lowest BCUT2D eigenvalue weighted by Crippen LogP contribution is -2.54. The van der Waals surface area contributed by atoms with E-state index in [1.807, 2.05) is 22.6 Å². The first-order chi connectivity index (χ1) is 16.8. The molecule has 0 saturated heterocycles. The third-order valence-corrected chi connectivity index (χ3v) is 10.0. The van der Waals surface area contributed by atoms with Gasteiger partial charge in [-0.3, -0.25) is 9.52 Å². The van der Waals surface area contributed by atoms with E-state index >= 15 is 0 Å². The van der Waals surface area contributed by atoms with Gasteiger partial charge in [-0.1, -0.05) is 0 Å². The van der Waals surface area contributed by atoms with Gasteiger partial charge in [-0.15, -0.1) is 0 Å². The summed E-state index contributed by atoms with van der Waals surface area (Å²) in [6.07, 6.45) is -1.73. The Balaban J connectivity index is 1.76. The molecule has 2 aromatic carbocycles. The number of amides is 1. The molecular weight excluding hydrogens is 606 g/mol. The number of nitrogens with zero attached hydrogens (tertiary/aromatic N) is 1. The van der Waals surface area contributed by atoms with Gasteiger partial charge in [0, 0.05) is 8.99 Å². The third kappa shape index (κ3) is 4.16. The van der Waals surface area contributed by atoms with Crippen LogP contribution in [0.3, 0.4) is 0 Å². The average molecular weight is 629 g/mol. The van der Waals surface area contributed by atoms with Crippen molar-refractivity contribution >= 4 is 44.2 Å². The lowest BCUT2D eigenvalue weighted by molar-refractivity contribution is -0.140. The summed E-state index contributed by atoms with van der Waals surface area (Å²) in [5, 5.41) is 10.0. The second-order valence-electron chi connectivity index (χ2n) is 10.5. The highest BCUT2D eigenvalue weighted by Crippen LogP contribution is 2.67. The van der Waals surface area contributed by atoms with Crippen molar-refractivity contribution in [3.63, 3.8) is 0 Å². The first-order valence-corrected chi connectivity index (χ1v) is 14.1. The van der Waals surface area contributed by atoms with Crippen molar-refractivity contribution in [2.75, 3.05) is 4.72 Å². The summed E-state index contributed by atoms with van der Waals surface area (Å²) in [6.45, 7) is 0. The Kier molecular flexibility index (Phi) is 5.87. The summed E-state index contributed by atoms with van der Waals surface area (Å²) in [5.41, 5.74) is 1.69. The van der Waals surface area contributed by atoms with Crippen molar-refractivity contribution in [3.8, 4) is 6.07 Å². The third-order valence-electron chi connectivity index (χ3n) is 7.97. The van der Waals surface area contributed by atoms with Crippen molar-refractivity contribution in [1.82, 2.24) is 0 Å². The SMILES string of the molecule is N#CC12CC3CC(C1)CC(c1c(C(F)(F)F)ccc(C(N)=O)c1NS(=O)(=O)c1ccc(I)cc1)(C3)C2. The van der Waals surface area contributed by atoms with Gasteiger partial charge in [0.25, 0.3) is 15.9 Å². The highest BCUT2D eigenvalue weighted by atomic mass is 127. The molecule has 0 aromatic heterocycles. The quantitative estimate of drug-likeness (QED) is 0.421. The van der Waals surface area contributed by atoms with Crippen LogP contribution in [0.1, 0.15) is 60.0 Å². The van der Waals surface area contributed by atoms with E-state index in [9.17, 15) is 31.6 Å². The van der Waals surface area contributed by atoms with Gasteiger partial charge >= 0.3 is 6.18 Å². The molecule has 4 aliphatic carbocycles. The largest absolute Gasteiger partial charge is 0.416 e. The molecule has 1 amide bonds. The van der Waals surface area contributed by atoms with Crippen LogP contribution in [0.25, 0.3) is 0 Å². The summed E-state index contributed by atoms with van der Waals surface area (Å²) in [6, 6.07) is 9.95. The number of carbonyl (C=O) groups is 1. The van der Waals surface area contributed by atoms with Crippen LogP contribution >= 0.6 is 22.6 Å². The molecule has 6 rings (SSSR count). The minimum absolute atomic E-state index is 0.0601. The molecule has 0 aliphatic heterocycles. The number of benzene rings is 2. The smallest absolute Gasteiger partial charge is 0.366 e. The zero-order valence-electron chi connectivity index (χ0n) is 19.0. The fourth-order valence-corrected chi connectivity index (χ4v) is 8.65.